The minimum atomic E-state index is -0.0804. The van der Waals surface area contributed by atoms with E-state index in [9.17, 15) is 4.79 Å². The number of fused-ring (bicyclic) bond motifs is 1. The highest BCUT2D eigenvalue weighted by molar-refractivity contribution is 9.10. The molecule has 0 aliphatic rings. The Hall–Kier alpha value is -2.02. The number of hydrogen-bond donors (Lipinski definition) is 0. The topological polar surface area (TPSA) is 65.6 Å². The standard InChI is InChI=1S/C13H12BrN5O/c1-8-16-17-12(18(8)2)6-19-7-15-11-5-9(14)3-4-10(11)13(19)20/h3-5,7H,6H2,1-2H3. The summed E-state index contributed by atoms with van der Waals surface area (Å²) in [5.41, 5.74) is 0.595. The lowest BCUT2D eigenvalue weighted by atomic mass is 10.2. The van der Waals surface area contributed by atoms with Gasteiger partial charge in [0.15, 0.2) is 5.82 Å². The van der Waals surface area contributed by atoms with Crippen LogP contribution in [0.1, 0.15) is 11.6 Å². The van der Waals surface area contributed by atoms with Crippen molar-refractivity contribution in [3.63, 3.8) is 0 Å². The zero-order valence-corrected chi connectivity index (χ0v) is 12.6. The van der Waals surface area contributed by atoms with E-state index in [1.807, 2.05) is 30.7 Å². The Bertz CT molecular complexity index is 852. The Labute approximate surface area is 123 Å². The van der Waals surface area contributed by atoms with Gasteiger partial charge < -0.3 is 4.57 Å². The molecule has 3 rings (SSSR count). The number of halogens is 1. The van der Waals surface area contributed by atoms with Crippen LogP contribution in [0.4, 0.5) is 0 Å². The molecule has 0 bridgehead atoms. The van der Waals surface area contributed by atoms with Gasteiger partial charge >= 0.3 is 0 Å². The summed E-state index contributed by atoms with van der Waals surface area (Å²) in [4.78, 5) is 16.7. The van der Waals surface area contributed by atoms with Crippen LogP contribution in [0.3, 0.4) is 0 Å². The summed E-state index contributed by atoms with van der Waals surface area (Å²) in [5.74, 6) is 1.54. The van der Waals surface area contributed by atoms with Crippen LogP contribution in [0.5, 0.6) is 0 Å². The summed E-state index contributed by atoms with van der Waals surface area (Å²) in [6, 6.07) is 5.43. The van der Waals surface area contributed by atoms with Gasteiger partial charge in [-0.05, 0) is 25.1 Å². The summed E-state index contributed by atoms with van der Waals surface area (Å²) >= 11 is 3.37. The fraction of sp³-hybridized carbons (Fsp3) is 0.231. The van der Waals surface area contributed by atoms with E-state index in [1.54, 1.807) is 17.0 Å². The first-order chi connectivity index (χ1) is 9.56. The lowest BCUT2D eigenvalue weighted by molar-refractivity contribution is 0.666. The Morgan fingerprint density at radius 1 is 1.30 bits per heavy atom. The first-order valence-corrected chi connectivity index (χ1v) is 6.85. The van der Waals surface area contributed by atoms with E-state index in [4.69, 9.17) is 0 Å². The Morgan fingerprint density at radius 3 is 2.80 bits per heavy atom. The van der Waals surface area contributed by atoms with E-state index in [2.05, 4.69) is 31.1 Å². The van der Waals surface area contributed by atoms with Crippen LogP contribution in [0, 0.1) is 6.92 Å². The molecule has 2 heterocycles. The van der Waals surface area contributed by atoms with E-state index in [-0.39, 0.29) is 5.56 Å². The second kappa shape index (κ2) is 4.82. The third kappa shape index (κ3) is 2.14. The maximum atomic E-state index is 12.4. The fourth-order valence-electron chi connectivity index (χ4n) is 1.99. The van der Waals surface area contributed by atoms with E-state index < -0.39 is 0 Å². The first-order valence-electron chi connectivity index (χ1n) is 6.06. The van der Waals surface area contributed by atoms with Crippen molar-refractivity contribution in [2.24, 2.45) is 7.05 Å². The second-order valence-electron chi connectivity index (χ2n) is 4.56. The highest BCUT2D eigenvalue weighted by atomic mass is 79.9. The molecule has 0 saturated carbocycles. The molecule has 3 aromatic rings. The number of aromatic nitrogens is 5. The molecule has 7 heteroatoms. The van der Waals surface area contributed by atoms with Gasteiger partial charge in [0.1, 0.15) is 5.82 Å². The number of hydrogen-bond acceptors (Lipinski definition) is 4. The second-order valence-corrected chi connectivity index (χ2v) is 5.48. The van der Waals surface area contributed by atoms with E-state index >= 15 is 0 Å². The van der Waals surface area contributed by atoms with Crippen LogP contribution < -0.4 is 5.56 Å². The van der Waals surface area contributed by atoms with Gasteiger partial charge in [-0.2, -0.15) is 0 Å². The molecule has 0 saturated heterocycles. The molecule has 0 radical (unpaired) electrons. The Balaban J connectivity index is 2.09. The summed E-state index contributed by atoms with van der Waals surface area (Å²) in [6.07, 6.45) is 1.54. The first kappa shape index (κ1) is 13.0. The van der Waals surface area contributed by atoms with Gasteiger partial charge in [-0.1, -0.05) is 15.9 Å². The zero-order chi connectivity index (χ0) is 14.3. The predicted octanol–water partition coefficient (Wildman–Crippen LogP) is 1.64. The molecular weight excluding hydrogens is 322 g/mol. The summed E-state index contributed by atoms with van der Waals surface area (Å²) in [7, 11) is 1.88. The summed E-state index contributed by atoms with van der Waals surface area (Å²) < 4.78 is 4.30. The van der Waals surface area contributed by atoms with Crippen molar-refractivity contribution in [1.82, 2.24) is 24.3 Å². The van der Waals surface area contributed by atoms with E-state index in [1.165, 1.54) is 0 Å². The molecule has 0 N–H and O–H groups in total. The van der Waals surface area contributed by atoms with Gasteiger partial charge in [-0.15, -0.1) is 10.2 Å². The largest absolute Gasteiger partial charge is 0.317 e. The lowest BCUT2D eigenvalue weighted by Crippen LogP contribution is -2.22. The van der Waals surface area contributed by atoms with Crippen LogP contribution in [-0.4, -0.2) is 24.3 Å². The molecule has 0 atom stereocenters. The molecular formula is C13H12BrN5O. The average Bonchev–Trinajstić information content (AvgIpc) is 2.74. The minimum Gasteiger partial charge on any atom is -0.317 e. The van der Waals surface area contributed by atoms with Crippen molar-refractivity contribution in [2.75, 3.05) is 0 Å². The van der Waals surface area contributed by atoms with Crippen molar-refractivity contribution in [3.05, 3.63) is 51.0 Å². The Kier molecular flexibility index (Phi) is 3.13. The van der Waals surface area contributed by atoms with Gasteiger partial charge in [0.05, 0.1) is 23.8 Å². The minimum absolute atomic E-state index is 0.0804. The normalized spacial score (nSPS) is 11.2. The smallest absolute Gasteiger partial charge is 0.261 e. The number of benzene rings is 1. The van der Waals surface area contributed by atoms with Gasteiger partial charge in [0.25, 0.3) is 5.56 Å². The lowest BCUT2D eigenvalue weighted by Gasteiger charge is -2.06. The monoisotopic (exact) mass is 333 g/mol. The molecule has 102 valence electrons. The van der Waals surface area contributed by atoms with Crippen molar-refractivity contribution in [2.45, 2.75) is 13.5 Å². The van der Waals surface area contributed by atoms with Crippen LogP contribution in [-0.2, 0) is 13.6 Å². The molecule has 0 fully saturated rings. The third-order valence-electron chi connectivity index (χ3n) is 3.28. The van der Waals surface area contributed by atoms with Crippen molar-refractivity contribution in [1.29, 1.82) is 0 Å². The fourth-order valence-corrected chi connectivity index (χ4v) is 2.33. The van der Waals surface area contributed by atoms with E-state index in [0.717, 1.165) is 16.1 Å². The molecule has 2 aromatic heterocycles. The molecule has 20 heavy (non-hydrogen) atoms. The molecule has 0 unspecified atom stereocenters. The van der Waals surface area contributed by atoms with Crippen LogP contribution >= 0.6 is 15.9 Å². The molecule has 1 aromatic carbocycles. The van der Waals surface area contributed by atoms with Crippen molar-refractivity contribution in [3.8, 4) is 0 Å². The van der Waals surface area contributed by atoms with Crippen LogP contribution in [0.2, 0.25) is 0 Å². The molecule has 0 spiro atoms. The molecule has 0 amide bonds. The van der Waals surface area contributed by atoms with Crippen molar-refractivity contribution >= 4 is 26.8 Å². The van der Waals surface area contributed by atoms with Crippen molar-refractivity contribution < 1.29 is 0 Å². The highest BCUT2D eigenvalue weighted by Crippen LogP contribution is 2.15. The summed E-state index contributed by atoms with van der Waals surface area (Å²) in [5, 5.41) is 8.64. The Morgan fingerprint density at radius 2 is 2.10 bits per heavy atom. The third-order valence-corrected chi connectivity index (χ3v) is 3.78. The van der Waals surface area contributed by atoms with Crippen LogP contribution in [0.15, 0.2) is 33.8 Å². The highest BCUT2D eigenvalue weighted by Gasteiger charge is 2.09. The quantitative estimate of drug-likeness (QED) is 0.715. The zero-order valence-electron chi connectivity index (χ0n) is 11.0. The molecule has 0 aliphatic carbocycles. The number of rotatable bonds is 2. The predicted molar refractivity (Wildman–Crippen MR) is 78.5 cm³/mol. The number of nitrogens with zero attached hydrogens (tertiary/aromatic N) is 5. The maximum Gasteiger partial charge on any atom is 0.261 e. The van der Waals surface area contributed by atoms with Gasteiger partial charge in [0.2, 0.25) is 0 Å². The SMILES string of the molecule is Cc1nnc(Cn2cnc3cc(Br)ccc3c2=O)n1C. The van der Waals surface area contributed by atoms with Gasteiger partial charge in [0, 0.05) is 11.5 Å². The molecule has 6 nitrogen and oxygen atoms in total. The van der Waals surface area contributed by atoms with Crippen LogP contribution in [0.25, 0.3) is 10.9 Å². The molecule has 0 aliphatic heterocycles. The van der Waals surface area contributed by atoms with Gasteiger partial charge in [-0.25, -0.2) is 4.98 Å². The summed E-state index contributed by atoms with van der Waals surface area (Å²) in [6.45, 7) is 2.23. The number of aryl methyl sites for hydroxylation is 1. The van der Waals surface area contributed by atoms with E-state index in [0.29, 0.717) is 17.4 Å². The average molecular weight is 334 g/mol. The maximum absolute atomic E-state index is 12.4. The van der Waals surface area contributed by atoms with Gasteiger partial charge in [-0.3, -0.25) is 9.36 Å².